The Hall–Kier alpha value is -4.70. The Kier molecular flexibility index (Phi) is 7.12. The second-order valence-corrected chi connectivity index (χ2v) is 6.71. The molecule has 0 saturated carbocycles. The van der Waals surface area contributed by atoms with Gasteiger partial charge in [0.25, 0.3) is 0 Å². The van der Waals surface area contributed by atoms with E-state index in [4.69, 9.17) is 11.5 Å². The minimum atomic E-state index is -0.0426. The van der Waals surface area contributed by atoms with Crippen LogP contribution in [0, 0.1) is 12.3 Å². The molecule has 32 heavy (non-hydrogen) atoms. The fourth-order valence-electron chi connectivity index (χ4n) is 2.83. The lowest BCUT2D eigenvalue weighted by Crippen LogP contribution is -1.99. The van der Waals surface area contributed by atoms with Crippen LogP contribution in [0.5, 0.6) is 11.5 Å². The van der Waals surface area contributed by atoms with Crippen LogP contribution in [0.25, 0.3) is 11.3 Å². The molecule has 2 N–H and O–H groups in total. The molecule has 0 saturated heterocycles. The summed E-state index contributed by atoms with van der Waals surface area (Å²) in [6.07, 6.45) is 8.07. The number of phenolic OH excluding ortho intramolecular Hbond substituents is 2. The number of hydrogen-bond donors (Lipinski definition) is 2. The van der Waals surface area contributed by atoms with Gasteiger partial charge < -0.3 is 10.2 Å². The fraction of sp³-hybridized carbons (Fsp3) is 0.0400. The zero-order valence-electron chi connectivity index (χ0n) is 16.9. The minimum absolute atomic E-state index is 0.0366. The standard InChI is InChI=1S/C16H13N3O2.C9H6O2/c20-11-14-8-13(6-7-16(14)21)15-10-19(18-17-15)9-12-4-2-1-3-5-12;1-2-7-3-4-9(11)8(5-7)6-10/h1-8,10-11,21H,9H2;1,3-6,11H. The SMILES string of the molecule is C#Cc1ccc(O)c(C=O)c1.O=Cc1cc(-c2cn(Cc3ccccc3)nn2)ccc1O. The zero-order chi connectivity index (χ0) is 22.9. The maximum atomic E-state index is 10.9. The van der Waals surface area contributed by atoms with Gasteiger partial charge in [-0.25, -0.2) is 4.68 Å². The van der Waals surface area contributed by atoms with Crippen molar-refractivity contribution in [3.8, 4) is 35.1 Å². The lowest BCUT2D eigenvalue weighted by molar-refractivity contribution is 0.111. The number of rotatable bonds is 5. The molecule has 4 rings (SSSR count). The Morgan fingerprint density at radius 3 is 2.22 bits per heavy atom. The molecule has 1 aromatic heterocycles. The third-order valence-electron chi connectivity index (χ3n) is 4.50. The molecule has 158 valence electrons. The van der Waals surface area contributed by atoms with Gasteiger partial charge in [0.2, 0.25) is 0 Å². The highest BCUT2D eigenvalue weighted by atomic mass is 16.3. The first-order valence-electron chi connectivity index (χ1n) is 9.51. The molecular formula is C25H19N3O4. The summed E-state index contributed by atoms with van der Waals surface area (Å²) in [5, 5.41) is 26.7. The van der Waals surface area contributed by atoms with E-state index in [1.54, 1.807) is 22.9 Å². The lowest BCUT2D eigenvalue weighted by Gasteiger charge is -2.00. The lowest BCUT2D eigenvalue weighted by atomic mass is 10.1. The molecule has 0 bridgehead atoms. The van der Waals surface area contributed by atoms with E-state index in [0.29, 0.717) is 30.4 Å². The Labute approximate surface area is 184 Å². The van der Waals surface area contributed by atoms with Crippen molar-refractivity contribution in [1.82, 2.24) is 15.0 Å². The Bertz CT molecular complexity index is 1270. The number of aromatic hydroxyl groups is 2. The number of carbonyl (C=O) groups is 2. The van der Waals surface area contributed by atoms with Crippen molar-refractivity contribution in [3.05, 3.63) is 95.2 Å². The van der Waals surface area contributed by atoms with Crippen LogP contribution in [-0.4, -0.2) is 37.8 Å². The molecule has 4 aromatic rings. The molecule has 0 aliphatic carbocycles. The smallest absolute Gasteiger partial charge is 0.153 e. The third-order valence-corrected chi connectivity index (χ3v) is 4.50. The van der Waals surface area contributed by atoms with Crippen molar-refractivity contribution in [1.29, 1.82) is 0 Å². The van der Waals surface area contributed by atoms with Crippen molar-refractivity contribution in [3.63, 3.8) is 0 Å². The number of benzene rings is 3. The Balaban J connectivity index is 0.000000222. The van der Waals surface area contributed by atoms with Gasteiger partial charge >= 0.3 is 0 Å². The van der Waals surface area contributed by atoms with E-state index in [-0.39, 0.29) is 22.6 Å². The summed E-state index contributed by atoms with van der Waals surface area (Å²) in [6.45, 7) is 0.631. The predicted molar refractivity (Wildman–Crippen MR) is 119 cm³/mol. The molecule has 0 fully saturated rings. The highest BCUT2D eigenvalue weighted by molar-refractivity contribution is 5.82. The fourth-order valence-corrected chi connectivity index (χ4v) is 2.83. The maximum absolute atomic E-state index is 10.9. The second kappa shape index (κ2) is 10.4. The van der Waals surface area contributed by atoms with Crippen LogP contribution in [0.1, 0.15) is 31.8 Å². The van der Waals surface area contributed by atoms with Gasteiger partial charge in [-0.15, -0.1) is 11.5 Å². The first-order chi connectivity index (χ1) is 15.5. The van der Waals surface area contributed by atoms with Crippen LogP contribution in [0.2, 0.25) is 0 Å². The summed E-state index contributed by atoms with van der Waals surface area (Å²) >= 11 is 0. The van der Waals surface area contributed by atoms with Crippen molar-refractivity contribution in [2.75, 3.05) is 0 Å². The summed E-state index contributed by atoms with van der Waals surface area (Å²) in [6, 6.07) is 19.2. The minimum Gasteiger partial charge on any atom is -0.507 e. The van der Waals surface area contributed by atoms with Crippen LogP contribution in [-0.2, 0) is 6.54 Å². The number of carbonyl (C=O) groups excluding carboxylic acids is 2. The molecule has 3 aromatic carbocycles. The van der Waals surface area contributed by atoms with E-state index < -0.39 is 0 Å². The summed E-state index contributed by atoms with van der Waals surface area (Å²) < 4.78 is 1.73. The van der Waals surface area contributed by atoms with E-state index in [9.17, 15) is 14.7 Å². The van der Waals surface area contributed by atoms with Gasteiger partial charge in [0.05, 0.1) is 23.9 Å². The molecule has 0 radical (unpaired) electrons. The molecule has 0 amide bonds. The van der Waals surface area contributed by atoms with Gasteiger partial charge in [-0.2, -0.15) is 0 Å². The average molecular weight is 425 g/mol. The van der Waals surface area contributed by atoms with Gasteiger partial charge in [-0.1, -0.05) is 41.5 Å². The third kappa shape index (κ3) is 5.46. The summed E-state index contributed by atoms with van der Waals surface area (Å²) in [5.41, 5.74) is 3.59. The molecular weight excluding hydrogens is 406 g/mol. The van der Waals surface area contributed by atoms with E-state index in [1.165, 1.54) is 18.2 Å². The van der Waals surface area contributed by atoms with Gasteiger partial charge in [-0.3, -0.25) is 9.59 Å². The van der Waals surface area contributed by atoms with E-state index >= 15 is 0 Å². The van der Waals surface area contributed by atoms with Crippen molar-refractivity contribution in [2.24, 2.45) is 0 Å². The quantitative estimate of drug-likeness (QED) is 0.373. The largest absolute Gasteiger partial charge is 0.507 e. The van der Waals surface area contributed by atoms with E-state index in [0.717, 1.165) is 11.1 Å². The molecule has 0 aliphatic heterocycles. The number of aldehydes is 2. The van der Waals surface area contributed by atoms with Crippen molar-refractivity contribution >= 4 is 12.6 Å². The maximum Gasteiger partial charge on any atom is 0.153 e. The van der Waals surface area contributed by atoms with Gasteiger partial charge in [0.1, 0.15) is 17.2 Å². The van der Waals surface area contributed by atoms with Crippen LogP contribution in [0.15, 0.2) is 72.9 Å². The zero-order valence-corrected chi connectivity index (χ0v) is 16.9. The molecule has 0 aliphatic rings. The van der Waals surface area contributed by atoms with E-state index in [1.807, 2.05) is 36.5 Å². The van der Waals surface area contributed by atoms with Crippen LogP contribution in [0.3, 0.4) is 0 Å². The highest BCUT2D eigenvalue weighted by Gasteiger charge is 2.08. The number of hydrogen-bond acceptors (Lipinski definition) is 6. The summed E-state index contributed by atoms with van der Waals surface area (Å²) in [5.74, 6) is 2.28. The van der Waals surface area contributed by atoms with Crippen molar-refractivity contribution < 1.29 is 19.8 Å². The average Bonchev–Trinajstić information content (AvgIpc) is 3.29. The van der Waals surface area contributed by atoms with Gasteiger partial charge in [0, 0.05) is 11.1 Å². The number of phenols is 2. The second-order valence-electron chi connectivity index (χ2n) is 6.71. The number of terminal acetylenes is 1. The Morgan fingerprint density at radius 1 is 0.906 bits per heavy atom. The predicted octanol–water partition coefficient (Wildman–Crippen LogP) is 3.70. The van der Waals surface area contributed by atoms with Gasteiger partial charge in [0.15, 0.2) is 12.6 Å². The first kappa shape index (κ1) is 22.0. The molecule has 7 heteroatoms. The van der Waals surface area contributed by atoms with Crippen LogP contribution >= 0.6 is 0 Å². The highest BCUT2D eigenvalue weighted by Crippen LogP contribution is 2.23. The monoisotopic (exact) mass is 425 g/mol. The molecule has 7 nitrogen and oxygen atoms in total. The normalized spacial score (nSPS) is 9.84. The van der Waals surface area contributed by atoms with Gasteiger partial charge in [-0.05, 0) is 42.0 Å². The Morgan fingerprint density at radius 2 is 1.56 bits per heavy atom. The topological polar surface area (TPSA) is 105 Å². The molecule has 0 spiro atoms. The molecule has 0 unspecified atom stereocenters. The first-order valence-corrected chi connectivity index (χ1v) is 9.51. The summed E-state index contributed by atoms with van der Waals surface area (Å²) in [4.78, 5) is 21.1. The summed E-state index contributed by atoms with van der Waals surface area (Å²) in [7, 11) is 0. The van der Waals surface area contributed by atoms with Crippen LogP contribution < -0.4 is 0 Å². The number of aromatic nitrogens is 3. The van der Waals surface area contributed by atoms with E-state index in [2.05, 4.69) is 16.2 Å². The molecule has 0 atom stereocenters. The van der Waals surface area contributed by atoms with Crippen LogP contribution in [0.4, 0.5) is 0 Å². The number of nitrogens with zero attached hydrogens (tertiary/aromatic N) is 3. The van der Waals surface area contributed by atoms with Crippen molar-refractivity contribution in [2.45, 2.75) is 6.54 Å². The molecule has 1 heterocycles.